The molecule has 6 heteroatoms. The second-order valence-corrected chi connectivity index (χ2v) is 6.82. The molecule has 0 aliphatic carbocycles. The molecule has 0 aromatic heterocycles. The Labute approximate surface area is 163 Å². The minimum Gasteiger partial charge on any atom is -0.496 e. The Balaban J connectivity index is 2.01. The lowest BCUT2D eigenvalue weighted by Gasteiger charge is -2.15. The van der Waals surface area contributed by atoms with Gasteiger partial charge in [-0.2, -0.15) is 0 Å². The van der Waals surface area contributed by atoms with Crippen LogP contribution in [0.1, 0.15) is 16.7 Å². The van der Waals surface area contributed by atoms with E-state index in [2.05, 4.69) is 12.6 Å². The van der Waals surface area contributed by atoms with Crippen molar-refractivity contribution in [1.29, 1.82) is 0 Å². The van der Waals surface area contributed by atoms with Crippen molar-refractivity contribution in [2.75, 3.05) is 6.61 Å². The van der Waals surface area contributed by atoms with E-state index in [1.54, 1.807) is 0 Å². The smallest absolute Gasteiger partial charge is 0.237 e. The molecular weight excluding hydrogens is 371 g/mol. The third-order valence-corrected chi connectivity index (χ3v) is 4.75. The average molecular weight is 393 g/mol. The summed E-state index contributed by atoms with van der Waals surface area (Å²) in [5, 5.41) is 1.34. The highest BCUT2D eigenvalue weighted by molar-refractivity contribution is 6.35. The number of halogens is 2. The molecule has 26 heavy (non-hydrogen) atoms. The fourth-order valence-electron chi connectivity index (χ4n) is 2.56. The van der Waals surface area contributed by atoms with Gasteiger partial charge >= 0.3 is 0 Å². The number of allylic oxidation sites excluding steroid dienone is 1. The molecule has 0 aliphatic heterocycles. The van der Waals surface area contributed by atoms with Gasteiger partial charge in [-0.05, 0) is 41.7 Å². The second kappa shape index (κ2) is 9.62. The number of hydrogen-bond acceptors (Lipinski definition) is 3. The monoisotopic (exact) mass is 392 g/mol. The first-order valence-electron chi connectivity index (χ1n) is 8.23. The van der Waals surface area contributed by atoms with Crippen LogP contribution in [0.5, 0.6) is 0 Å². The van der Waals surface area contributed by atoms with E-state index in [0.29, 0.717) is 22.2 Å². The first-order chi connectivity index (χ1) is 12.4. The van der Waals surface area contributed by atoms with E-state index in [0.717, 1.165) is 29.5 Å². The van der Waals surface area contributed by atoms with Crippen LogP contribution in [0.15, 0.2) is 54.8 Å². The van der Waals surface area contributed by atoms with Gasteiger partial charge in [-0.25, -0.2) is 0 Å². The summed E-state index contributed by atoms with van der Waals surface area (Å²) >= 11 is 12.5. The number of primary amides is 1. The van der Waals surface area contributed by atoms with Gasteiger partial charge < -0.3 is 16.2 Å². The maximum Gasteiger partial charge on any atom is 0.237 e. The third kappa shape index (κ3) is 5.77. The Morgan fingerprint density at radius 1 is 1.04 bits per heavy atom. The SMILES string of the molecule is C=C(Cc1ccccc1CCc1c(Cl)cccc1Cl)OC[C@H](N)C(N)=O. The summed E-state index contributed by atoms with van der Waals surface area (Å²) in [4.78, 5) is 11.0. The van der Waals surface area contributed by atoms with E-state index < -0.39 is 11.9 Å². The van der Waals surface area contributed by atoms with Crippen molar-refractivity contribution in [3.63, 3.8) is 0 Å². The highest BCUT2D eigenvalue weighted by Gasteiger charge is 2.12. The van der Waals surface area contributed by atoms with Gasteiger partial charge in [0.15, 0.2) is 0 Å². The van der Waals surface area contributed by atoms with Crippen LogP contribution in [0.3, 0.4) is 0 Å². The molecule has 0 unspecified atom stereocenters. The predicted molar refractivity (Wildman–Crippen MR) is 106 cm³/mol. The summed E-state index contributed by atoms with van der Waals surface area (Å²) in [7, 11) is 0. The normalized spacial score (nSPS) is 11.8. The maximum absolute atomic E-state index is 11.0. The summed E-state index contributed by atoms with van der Waals surface area (Å²) in [5.41, 5.74) is 13.9. The molecule has 0 bridgehead atoms. The molecule has 4 nitrogen and oxygen atoms in total. The zero-order valence-corrected chi connectivity index (χ0v) is 15.9. The second-order valence-electron chi connectivity index (χ2n) is 6.00. The Morgan fingerprint density at radius 3 is 2.27 bits per heavy atom. The van der Waals surface area contributed by atoms with Crippen LogP contribution in [0.2, 0.25) is 10.0 Å². The lowest BCUT2D eigenvalue weighted by molar-refractivity contribution is -0.120. The van der Waals surface area contributed by atoms with Gasteiger partial charge in [0, 0.05) is 16.5 Å². The number of benzene rings is 2. The van der Waals surface area contributed by atoms with Gasteiger partial charge in [0.05, 0.1) is 5.76 Å². The Bertz CT molecular complexity index is 773. The van der Waals surface area contributed by atoms with Crippen molar-refractivity contribution >= 4 is 29.1 Å². The van der Waals surface area contributed by atoms with Crippen molar-refractivity contribution in [3.05, 3.63) is 81.5 Å². The summed E-state index contributed by atoms with van der Waals surface area (Å²) in [6.07, 6.45) is 2.04. The molecule has 2 aromatic rings. The first-order valence-corrected chi connectivity index (χ1v) is 8.99. The highest BCUT2D eigenvalue weighted by Crippen LogP contribution is 2.26. The van der Waals surface area contributed by atoms with E-state index >= 15 is 0 Å². The van der Waals surface area contributed by atoms with Crippen LogP contribution in [0.25, 0.3) is 0 Å². The number of aryl methyl sites for hydroxylation is 1. The molecule has 2 rings (SSSR count). The van der Waals surface area contributed by atoms with E-state index in [4.69, 9.17) is 39.4 Å². The topological polar surface area (TPSA) is 78.3 Å². The molecule has 1 amide bonds. The molecule has 0 aliphatic rings. The molecule has 1 atom stereocenters. The highest BCUT2D eigenvalue weighted by atomic mass is 35.5. The maximum atomic E-state index is 11.0. The summed E-state index contributed by atoms with van der Waals surface area (Å²) < 4.78 is 5.46. The molecule has 138 valence electrons. The van der Waals surface area contributed by atoms with Crippen molar-refractivity contribution < 1.29 is 9.53 Å². The zero-order chi connectivity index (χ0) is 19.1. The fraction of sp³-hybridized carbons (Fsp3) is 0.250. The number of carbonyl (C=O) groups is 1. The molecule has 0 saturated heterocycles. The standard InChI is InChI=1S/C20H22Cl2N2O2/c1-13(26-12-19(23)20(24)25)11-15-6-3-2-5-14(15)9-10-16-17(21)7-4-8-18(16)22/h2-8,19H,1,9-12,23H2,(H2,24,25)/t19-/m0/s1. The van der Waals surface area contributed by atoms with Crippen LogP contribution in [0.4, 0.5) is 0 Å². The Morgan fingerprint density at radius 2 is 1.65 bits per heavy atom. The van der Waals surface area contributed by atoms with Crippen LogP contribution in [-0.2, 0) is 28.8 Å². The van der Waals surface area contributed by atoms with Crippen LogP contribution in [-0.4, -0.2) is 18.6 Å². The van der Waals surface area contributed by atoms with Crippen LogP contribution >= 0.6 is 23.2 Å². The van der Waals surface area contributed by atoms with Crippen molar-refractivity contribution in [2.45, 2.75) is 25.3 Å². The van der Waals surface area contributed by atoms with Gasteiger partial charge in [0.1, 0.15) is 12.6 Å². The number of rotatable bonds is 9. The number of nitrogens with two attached hydrogens (primary N) is 2. The van der Waals surface area contributed by atoms with Crippen LogP contribution < -0.4 is 11.5 Å². The molecule has 0 radical (unpaired) electrons. The fourth-order valence-corrected chi connectivity index (χ4v) is 3.14. The number of ether oxygens (including phenoxy) is 1. The quantitative estimate of drug-likeness (QED) is 0.639. The average Bonchev–Trinajstić information content (AvgIpc) is 2.60. The number of hydrogen-bond donors (Lipinski definition) is 2. The zero-order valence-electron chi connectivity index (χ0n) is 14.4. The van der Waals surface area contributed by atoms with Gasteiger partial charge in [-0.15, -0.1) is 0 Å². The molecule has 0 heterocycles. The van der Waals surface area contributed by atoms with Gasteiger partial charge in [0.25, 0.3) is 0 Å². The molecule has 0 spiro atoms. The van der Waals surface area contributed by atoms with Crippen molar-refractivity contribution in [1.82, 2.24) is 0 Å². The molecule has 4 N–H and O–H groups in total. The Kier molecular flexibility index (Phi) is 7.51. The molecule has 0 fully saturated rings. The van der Waals surface area contributed by atoms with E-state index in [-0.39, 0.29) is 6.61 Å². The van der Waals surface area contributed by atoms with E-state index in [9.17, 15) is 4.79 Å². The largest absolute Gasteiger partial charge is 0.496 e. The summed E-state index contributed by atoms with van der Waals surface area (Å²) in [6, 6.07) is 12.7. The van der Waals surface area contributed by atoms with Gasteiger partial charge in [-0.3, -0.25) is 4.79 Å². The molecular formula is C20H22Cl2N2O2. The van der Waals surface area contributed by atoms with Crippen molar-refractivity contribution in [2.24, 2.45) is 11.5 Å². The minimum atomic E-state index is -0.843. The molecule has 2 aromatic carbocycles. The van der Waals surface area contributed by atoms with Crippen molar-refractivity contribution in [3.8, 4) is 0 Å². The summed E-state index contributed by atoms with van der Waals surface area (Å²) in [5.74, 6) is -0.0697. The Hall–Kier alpha value is -2.01. The van der Waals surface area contributed by atoms with Gasteiger partial charge in [-0.1, -0.05) is 60.1 Å². The minimum absolute atomic E-state index is 0.0194. The van der Waals surface area contributed by atoms with Gasteiger partial charge in [0.2, 0.25) is 5.91 Å². The summed E-state index contributed by atoms with van der Waals surface area (Å²) in [6.45, 7) is 3.92. The first kappa shape index (κ1) is 20.3. The lowest BCUT2D eigenvalue weighted by Crippen LogP contribution is -2.40. The predicted octanol–water partition coefficient (Wildman–Crippen LogP) is 3.66. The van der Waals surface area contributed by atoms with E-state index in [1.807, 2.05) is 36.4 Å². The third-order valence-electron chi connectivity index (χ3n) is 4.04. The van der Waals surface area contributed by atoms with E-state index in [1.165, 1.54) is 0 Å². The number of carbonyl (C=O) groups excluding carboxylic acids is 1. The lowest BCUT2D eigenvalue weighted by atomic mass is 9.97. The number of amides is 1. The molecule has 0 saturated carbocycles. The van der Waals surface area contributed by atoms with Crippen LogP contribution in [0, 0.1) is 0 Å².